The van der Waals surface area contributed by atoms with Gasteiger partial charge in [-0.1, -0.05) is 145 Å². The Balaban J connectivity index is 1.32. The molecule has 522 valence electrons. The number of H-pyrrole nitrogens is 1. The SMILES string of the molecule is CN(C)CCCC[C@H](NC(=O)CNC(=O)[C@@H](N)CSSC(C)(C)C)C(=O)N[C@@H](Cc1c[nH]c2ccccc12)C(O)N[C@@H](CSSC(C)(C)C)C(=O)N1CCC[C@H]1C(=O)OCC(=O)N[C@@H](CCCCN)C(=O)N[C@@H](CC(=O)SCc1ccccc1)C(=O)N1CCC[C@H]1C(N)=O. The molecule has 2 saturated heterocycles. The van der Waals surface area contributed by atoms with Gasteiger partial charge < -0.3 is 73.3 Å². The summed E-state index contributed by atoms with van der Waals surface area (Å²) in [6.07, 6.45) is 3.48. The molecule has 9 atom stereocenters. The molecule has 94 heavy (non-hydrogen) atoms. The summed E-state index contributed by atoms with van der Waals surface area (Å²) in [6, 6.07) is 7.66. The molecule has 1 unspecified atom stereocenters. The number of amides is 8. The van der Waals surface area contributed by atoms with E-state index in [-0.39, 0.29) is 60.6 Å². The number of fused-ring (bicyclic) bond motifs is 1. The minimum atomic E-state index is -1.61. The first-order valence-corrected chi connectivity index (χ1v) is 37.6. The Bertz CT molecular complexity index is 2990. The van der Waals surface area contributed by atoms with E-state index in [4.69, 9.17) is 21.9 Å². The summed E-state index contributed by atoms with van der Waals surface area (Å²) in [5.74, 6) is -5.57. The lowest BCUT2D eigenvalue weighted by atomic mass is 10.0. The van der Waals surface area contributed by atoms with Crippen molar-refractivity contribution in [2.24, 2.45) is 17.2 Å². The second kappa shape index (κ2) is 39.6. The molecule has 0 spiro atoms. The summed E-state index contributed by atoms with van der Waals surface area (Å²) in [7, 11) is 9.77. The molecule has 0 saturated carbocycles. The number of ether oxygens (including phenoxy) is 1. The van der Waals surface area contributed by atoms with Crippen LogP contribution in [0.3, 0.4) is 0 Å². The van der Waals surface area contributed by atoms with Crippen LogP contribution >= 0.6 is 54.9 Å². The van der Waals surface area contributed by atoms with E-state index in [1.807, 2.05) is 115 Å². The number of carbonyl (C=O) groups is 10. The van der Waals surface area contributed by atoms with Crippen LogP contribution in [0.5, 0.6) is 0 Å². The number of unbranched alkanes of at least 4 members (excludes halogenated alkanes) is 2. The number of benzene rings is 2. The molecule has 8 amide bonds. The van der Waals surface area contributed by atoms with Crippen LogP contribution in [0.1, 0.15) is 123 Å². The maximum atomic E-state index is 15.0. The number of rotatable bonds is 39. The van der Waals surface area contributed by atoms with Gasteiger partial charge >= 0.3 is 5.97 Å². The smallest absolute Gasteiger partial charge is 0.329 e. The van der Waals surface area contributed by atoms with Crippen molar-refractivity contribution in [2.75, 3.05) is 64.9 Å². The third-order valence-corrected chi connectivity index (χ3v) is 22.9. The number of aromatic nitrogens is 1. The maximum Gasteiger partial charge on any atom is 0.329 e. The molecule has 30 heteroatoms. The van der Waals surface area contributed by atoms with Gasteiger partial charge in [-0.05, 0) is 115 Å². The number of hydrogen-bond acceptors (Lipinski definition) is 21. The topological polar surface area (TPSA) is 376 Å². The third-order valence-electron chi connectivity index (χ3n) is 15.2. The molecule has 2 aliphatic heterocycles. The first-order valence-electron chi connectivity index (χ1n) is 32.0. The van der Waals surface area contributed by atoms with E-state index in [1.54, 1.807) is 17.0 Å². The first-order chi connectivity index (χ1) is 44.5. The number of likely N-dealkylation sites (tertiary alicyclic amines) is 2. The molecule has 3 heterocycles. The molecule has 0 bridgehead atoms. The fourth-order valence-corrected chi connectivity index (χ4v) is 16.2. The monoisotopic (exact) mass is 1400 g/mol. The molecule has 0 radical (unpaired) electrons. The number of nitrogens with two attached hydrogens (primary N) is 3. The van der Waals surface area contributed by atoms with Gasteiger partial charge in [0.1, 0.15) is 36.4 Å². The number of aliphatic hydroxyl groups excluding tert-OH is 1. The van der Waals surface area contributed by atoms with Crippen LogP contribution in [0.15, 0.2) is 60.8 Å². The second-order valence-electron chi connectivity index (χ2n) is 25.8. The lowest BCUT2D eigenvalue weighted by Gasteiger charge is -2.33. The Hall–Kier alpha value is -5.57. The lowest BCUT2D eigenvalue weighted by Crippen LogP contribution is -2.61. The molecule has 25 nitrogen and oxygen atoms in total. The zero-order valence-electron chi connectivity index (χ0n) is 55.4. The molecular weight excluding hydrogens is 1300 g/mol. The number of para-hydroxylation sites is 1. The molecule has 2 aliphatic rings. The number of aliphatic hydroxyl groups is 1. The Morgan fingerprint density at radius 3 is 1.94 bits per heavy atom. The number of nitrogens with zero attached hydrogens (tertiary/aromatic N) is 3. The van der Waals surface area contributed by atoms with Crippen molar-refractivity contribution < 1.29 is 57.8 Å². The van der Waals surface area contributed by atoms with Crippen molar-refractivity contribution in [1.82, 2.24) is 51.6 Å². The van der Waals surface area contributed by atoms with Gasteiger partial charge in [-0.3, -0.25) is 48.5 Å². The average molecular weight is 1400 g/mol. The summed E-state index contributed by atoms with van der Waals surface area (Å²) in [5, 5.41) is 29.6. The number of carbonyl (C=O) groups excluding carboxylic acids is 10. The summed E-state index contributed by atoms with van der Waals surface area (Å²) in [6.45, 7) is 12.2. The summed E-state index contributed by atoms with van der Waals surface area (Å²) < 4.78 is 5.28. The Morgan fingerprint density at radius 2 is 1.30 bits per heavy atom. The number of aromatic amines is 1. The summed E-state index contributed by atoms with van der Waals surface area (Å²) >= 11 is 0.966. The fourth-order valence-electron chi connectivity index (χ4n) is 10.5. The van der Waals surface area contributed by atoms with Gasteiger partial charge in [0.05, 0.1) is 24.7 Å². The van der Waals surface area contributed by atoms with Gasteiger partial charge in [-0.15, -0.1) is 0 Å². The van der Waals surface area contributed by atoms with E-state index in [1.165, 1.54) is 42.2 Å². The average Bonchev–Trinajstić information content (AvgIpc) is 1.13. The van der Waals surface area contributed by atoms with Gasteiger partial charge in [0.15, 0.2) is 11.7 Å². The first kappa shape index (κ1) is 79.1. The minimum Gasteiger partial charge on any atom is -0.454 e. The van der Waals surface area contributed by atoms with Crippen LogP contribution in [0, 0.1) is 0 Å². The van der Waals surface area contributed by atoms with E-state index in [0.29, 0.717) is 63.0 Å². The van der Waals surface area contributed by atoms with Crippen LogP contribution in [-0.4, -0.2) is 212 Å². The predicted octanol–water partition coefficient (Wildman–Crippen LogP) is 3.45. The predicted molar refractivity (Wildman–Crippen MR) is 376 cm³/mol. The quantitative estimate of drug-likeness (QED) is 0.0169. The van der Waals surface area contributed by atoms with E-state index < -0.39 is 132 Å². The highest BCUT2D eigenvalue weighted by molar-refractivity contribution is 8.77. The molecule has 1 aromatic heterocycles. The number of primary amides is 1. The third kappa shape index (κ3) is 27.5. The van der Waals surface area contributed by atoms with Crippen molar-refractivity contribution in [3.05, 3.63) is 71.9 Å². The molecule has 5 rings (SSSR count). The van der Waals surface area contributed by atoms with Crippen LogP contribution < -0.4 is 49.1 Å². The van der Waals surface area contributed by atoms with Gasteiger partial charge in [-0.2, -0.15) is 0 Å². The van der Waals surface area contributed by atoms with Crippen LogP contribution in [0.4, 0.5) is 0 Å². The Morgan fingerprint density at radius 1 is 0.713 bits per heavy atom. The molecule has 2 fully saturated rings. The second-order valence-corrected chi connectivity index (χ2v) is 33.1. The Labute approximate surface area is 572 Å². The van der Waals surface area contributed by atoms with Crippen LogP contribution in [0.25, 0.3) is 10.9 Å². The highest BCUT2D eigenvalue weighted by Crippen LogP contribution is 2.37. The zero-order chi connectivity index (χ0) is 69.1. The van der Waals surface area contributed by atoms with Crippen molar-refractivity contribution in [1.29, 1.82) is 0 Å². The minimum absolute atomic E-state index is 0.0500. The summed E-state index contributed by atoms with van der Waals surface area (Å²) in [4.78, 5) is 146. The zero-order valence-corrected chi connectivity index (χ0v) is 59.5. The van der Waals surface area contributed by atoms with Gasteiger partial charge in [0.25, 0.3) is 5.91 Å². The molecule has 3 aromatic rings. The van der Waals surface area contributed by atoms with E-state index >= 15 is 4.79 Å². The Kier molecular flexibility index (Phi) is 33.3. The molecule has 14 N–H and O–H groups in total. The molecule has 0 aliphatic carbocycles. The fraction of sp³-hybridized carbons (Fsp3) is 0.625. The van der Waals surface area contributed by atoms with Gasteiger partial charge in [0.2, 0.25) is 41.4 Å². The highest BCUT2D eigenvalue weighted by atomic mass is 33.1. The summed E-state index contributed by atoms with van der Waals surface area (Å²) in [5.41, 5.74) is 20.0. The van der Waals surface area contributed by atoms with Crippen molar-refractivity contribution in [3.8, 4) is 0 Å². The maximum absolute atomic E-state index is 15.0. The van der Waals surface area contributed by atoms with Crippen molar-refractivity contribution in [3.63, 3.8) is 0 Å². The van der Waals surface area contributed by atoms with E-state index in [0.717, 1.165) is 33.8 Å². The van der Waals surface area contributed by atoms with E-state index in [9.17, 15) is 48.3 Å². The van der Waals surface area contributed by atoms with Gasteiger partial charge in [-0.25, -0.2) is 4.79 Å². The van der Waals surface area contributed by atoms with Crippen LogP contribution in [0.2, 0.25) is 0 Å². The van der Waals surface area contributed by atoms with Crippen molar-refractivity contribution >= 4 is 124 Å². The lowest BCUT2D eigenvalue weighted by molar-refractivity contribution is -0.156. The van der Waals surface area contributed by atoms with Crippen LogP contribution in [-0.2, 0) is 64.9 Å². The standard InChI is InChI=1S/C64H99N13O12S5/c1-63(2,3)93-91-38-43(66)56(82)69-35-52(78)70-45(25-15-17-29-75(7)8)57(83)72-47(32-41-34-68-44-23-13-12-22-42(41)44)59(85)74-49(39-92-94-64(4,5)6)61(87)77-31-19-27-51(77)62(88)89-36-53(79)71-46(24-14-16-28-65)58(84)73-48(60(86)76-30-18-26-50(76)55(67)81)33-54(80)90-37-40-20-10-9-11-21-40/h9-13,20-23,34,43,45-51,59,68,74,85H,14-19,24-33,35-39,65-66H2,1-8H3,(H2,67,81)(H,69,82)(H,70,78)(H,71,79)(H,72,83)(H,73,84)/t43-,45-,46-,47-,48-,49-,50-,51-,59?/m0/s1. The number of esters is 1. The van der Waals surface area contributed by atoms with Crippen molar-refractivity contribution in [2.45, 2.75) is 188 Å². The van der Waals surface area contributed by atoms with Gasteiger partial charge in [0, 0.05) is 63.4 Å². The molecule has 2 aromatic carbocycles. The largest absolute Gasteiger partial charge is 0.454 e. The highest BCUT2D eigenvalue weighted by Gasteiger charge is 2.42. The molecular formula is C64H99N13O12S5. The normalized spacial score (nSPS) is 17.3. The number of nitrogens with one attached hydrogen (secondary N) is 7. The van der Waals surface area contributed by atoms with E-state index in [2.05, 4.69) is 36.9 Å². The number of thioether (sulfide) groups is 1. The number of hydrogen-bond donors (Lipinski definition) is 11.